The number of nitrogens with one attached hydrogen (secondary N) is 2. The number of carbonyl (C=O) groups is 2. The number of phosphoric ester groups is 1. The van der Waals surface area contributed by atoms with Gasteiger partial charge in [-0.15, -0.1) is 0 Å². The summed E-state index contributed by atoms with van der Waals surface area (Å²) in [5.41, 5.74) is -0.472. The van der Waals surface area contributed by atoms with Crippen LogP contribution < -0.4 is 10.6 Å². The maximum Gasteiger partial charge on any atom is 0.469 e. The lowest BCUT2D eigenvalue weighted by molar-refractivity contribution is 0.0697. The van der Waals surface area contributed by atoms with Crippen molar-refractivity contribution in [3.05, 3.63) is 71.1 Å². The Bertz CT molecular complexity index is 1400. The molecule has 1 unspecified atom stereocenters. The Balaban J connectivity index is 1.68. The van der Waals surface area contributed by atoms with Crippen LogP contribution >= 0.6 is 19.4 Å². The standard InChI is InChI=1S/C26H31ClFN4O7P/c1-26(2,16-39-40(35,36)37)12-20(32(3)24(33)30-14-19-9-6-10-21(28)23(19)27)15-38-25(34)31-22-11-17-7-4-5-8-18(17)13-29-22/h4-11,13,20H,12,14-16H2,1-3H3,(H,30,33)(H,29,31,34)(H2,35,36,37). The molecule has 0 saturated carbocycles. The number of halogens is 2. The summed E-state index contributed by atoms with van der Waals surface area (Å²) in [4.78, 5) is 49.2. The van der Waals surface area contributed by atoms with Gasteiger partial charge in [0.2, 0.25) is 0 Å². The van der Waals surface area contributed by atoms with Crippen molar-refractivity contribution in [2.24, 2.45) is 5.41 Å². The predicted octanol–water partition coefficient (Wildman–Crippen LogP) is 5.31. The van der Waals surface area contributed by atoms with Crippen LogP contribution in [0.4, 0.5) is 19.8 Å². The average molecular weight is 597 g/mol. The summed E-state index contributed by atoms with van der Waals surface area (Å²) in [6.07, 6.45) is 0.941. The Kier molecular flexibility index (Phi) is 10.5. The molecule has 1 aromatic heterocycles. The van der Waals surface area contributed by atoms with E-state index in [1.165, 1.54) is 24.1 Å². The number of aromatic nitrogens is 1. The minimum atomic E-state index is -4.73. The van der Waals surface area contributed by atoms with Crippen molar-refractivity contribution in [2.45, 2.75) is 32.9 Å². The molecular formula is C26H31ClFN4O7P. The molecule has 0 radical (unpaired) electrons. The number of nitrogens with zero attached hydrogens (tertiary/aromatic N) is 2. The van der Waals surface area contributed by atoms with E-state index in [1.54, 1.807) is 32.2 Å². The fourth-order valence-electron chi connectivity index (χ4n) is 3.87. The summed E-state index contributed by atoms with van der Waals surface area (Å²) in [7, 11) is -3.26. The van der Waals surface area contributed by atoms with Crippen LogP contribution in [0, 0.1) is 11.2 Å². The van der Waals surface area contributed by atoms with Crippen LogP contribution in [0.3, 0.4) is 0 Å². The van der Waals surface area contributed by atoms with Crippen LogP contribution in [0.5, 0.6) is 0 Å². The number of hydrogen-bond donors (Lipinski definition) is 4. The first-order valence-corrected chi connectivity index (χ1v) is 14.1. The maximum atomic E-state index is 13.8. The number of rotatable bonds is 11. The summed E-state index contributed by atoms with van der Waals surface area (Å²) in [6.45, 7) is 2.73. The number of carbonyl (C=O) groups excluding carboxylic acids is 2. The van der Waals surface area contributed by atoms with Crippen molar-refractivity contribution >= 4 is 48.1 Å². The van der Waals surface area contributed by atoms with Crippen molar-refractivity contribution in [3.63, 3.8) is 0 Å². The molecule has 11 nitrogen and oxygen atoms in total. The van der Waals surface area contributed by atoms with Crippen molar-refractivity contribution in [2.75, 3.05) is 25.6 Å². The molecule has 0 bridgehead atoms. The number of hydrogen-bond acceptors (Lipinski definition) is 6. The Labute approximate surface area is 235 Å². The van der Waals surface area contributed by atoms with E-state index in [1.807, 2.05) is 24.3 Å². The fourth-order valence-corrected chi connectivity index (χ4v) is 4.58. The van der Waals surface area contributed by atoms with E-state index in [4.69, 9.17) is 26.1 Å². The van der Waals surface area contributed by atoms with Crippen LogP contribution in [0.15, 0.2) is 54.7 Å². The van der Waals surface area contributed by atoms with Crippen LogP contribution in [0.2, 0.25) is 5.02 Å². The van der Waals surface area contributed by atoms with E-state index in [-0.39, 0.29) is 37.0 Å². The van der Waals surface area contributed by atoms with Crippen LogP contribution in [-0.4, -0.2) is 58.1 Å². The molecule has 1 heterocycles. The van der Waals surface area contributed by atoms with Gasteiger partial charge in [-0.2, -0.15) is 0 Å². The van der Waals surface area contributed by atoms with Crippen LogP contribution in [0.25, 0.3) is 10.8 Å². The van der Waals surface area contributed by atoms with E-state index in [2.05, 4.69) is 20.1 Å². The van der Waals surface area contributed by atoms with Gasteiger partial charge in [0.15, 0.2) is 0 Å². The number of benzene rings is 2. The first-order chi connectivity index (χ1) is 18.7. The highest BCUT2D eigenvalue weighted by Gasteiger charge is 2.32. The van der Waals surface area contributed by atoms with E-state index < -0.39 is 37.2 Å². The summed E-state index contributed by atoms with van der Waals surface area (Å²) in [5, 5.41) is 6.86. The number of fused-ring (bicyclic) bond motifs is 1. The quantitative estimate of drug-likeness (QED) is 0.217. The van der Waals surface area contributed by atoms with Gasteiger partial charge in [0.25, 0.3) is 0 Å². The number of ether oxygens (including phenoxy) is 1. The lowest BCUT2D eigenvalue weighted by atomic mass is 9.86. The molecule has 14 heteroatoms. The largest absolute Gasteiger partial charge is 0.469 e. The second-order valence-electron chi connectivity index (χ2n) is 9.91. The van der Waals surface area contributed by atoms with E-state index >= 15 is 0 Å². The molecule has 40 heavy (non-hydrogen) atoms. The smallest absolute Gasteiger partial charge is 0.447 e. The van der Waals surface area contributed by atoms with Gasteiger partial charge in [0, 0.05) is 25.2 Å². The van der Waals surface area contributed by atoms with E-state index in [0.29, 0.717) is 5.56 Å². The summed E-state index contributed by atoms with van der Waals surface area (Å²) in [6, 6.07) is 12.1. The SMILES string of the molecule is CN(C(=O)NCc1cccc(F)c1Cl)C(COC(=O)Nc1cc2ccccc2cn1)CC(C)(C)COP(=O)(O)O. The summed E-state index contributed by atoms with van der Waals surface area (Å²) in [5.74, 6) is -0.347. The van der Waals surface area contributed by atoms with E-state index in [0.717, 1.165) is 10.8 Å². The Morgan fingerprint density at radius 3 is 2.58 bits per heavy atom. The molecule has 0 fully saturated rings. The van der Waals surface area contributed by atoms with Gasteiger partial charge in [-0.25, -0.2) is 23.5 Å². The lowest BCUT2D eigenvalue weighted by Gasteiger charge is -2.34. The van der Waals surface area contributed by atoms with Crippen molar-refractivity contribution < 1.29 is 37.6 Å². The zero-order valence-electron chi connectivity index (χ0n) is 22.1. The zero-order valence-corrected chi connectivity index (χ0v) is 23.8. The molecule has 3 rings (SSSR count). The van der Waals surface area contributed by atoms with Gasteiger partial charge in [0.1, 0.15) is 18.2 Å². The molecule has 0 spiro atoms. The number of likely N-dealkylation sites (N-methyl/N-ethyl adjacent to an activating group) is 1. The summed E-state index contributed by atoms with van der Waals surface area (Å²) < 4.78 is 35.1. The Morgan fingerprint density at radius 2 is 1.88 bits per heavy atom. The monoisotopic (exact) mass is 596 g/mol. The normalized spacial score (nSPS) is 12.6. The highest BCUT2D eigenvalue weighted by Crippen LogP contribution is 2.39. The first-order valence-electron chi connectivity index (χ1n) is 12.2. The zero-order chi connectivity index (χ0) is 29.5. The van der Waals surface area contributed by atoms with Gasteiger partial charge in [-0.1, -0.05) is 61.8 Å². The molecular weight excluding hydrogens is 566 g/mol. The minimum Gasteiger partial charge on any atom is -0.447 e. The molecule has 0 saturated heterocycles. The van der Waals surface area contributed by atoms with Crippen molar-refractivity contribution in [1.29, 1.82) is 0 Å². The first kappa shape index (κ1) is 31.3. The van der Waals surface area contributed by atoms with Gasteiger partial charge < -0.3 is 24.7 Å². The van der Waals surface area contributed by atoms with Gasteiger partial charge >= 0.3 is 19.9 Å². The third-order valence-electron chi connectivity index (χ3n) is 6.01. The van der Waals surface area contributed by atoms with Crippen LogP contribution in [-0.2, 0) is 20.4 Å². The summed E-state index contributed by atoms with van der Waals surface area (Å²) >= 11 is 5.97. The third kappa shape index (κ3) is 9.42. The van der Waals surface area contributed by atoms with Gasteiger partial charge in [0.05, 0.1) is 17.7 Å². The predicted molar refractivity (Wildman–Crippen MR) is 148 cm³/mol. The Morgan fingerprint density at radius 1 is 1.18 bits per heavy atom. The highest BCUT2D eigenvalue weighted by atomic mass is 35.5. The van der Waals surface area contributed by atoms with E-state index in [9.17, 15) is 18.5 Å². The number of amides is 3. The molecule has 0 aliphatic carbocycles. The Hall–Kier alpha value is -3.28. The second-order valence-corrected chi connectivity index (χ2v) is 11.5. The van der Waals surface area contributed by atoms with Gasteiger partial charge in [-0.3, -0.25) is 9.84 Å². The highest BCUT2D eigenvalue weighted by molar-refractivity contribution is 7.46. The molecule has 0 aliphatic rings. The molecule has 2 aromatic carbocycles. The molecule has 216 valence electrons. The number of urea groups is 1. The number of anilines is 1. The molecule has 3 amide bonds. The molecule has 3 aromatic rings. The topological polar surface area (TPSA) is 150 Å². The molecule has 0 aliphatic heterocycles. The van der Waals surface area contributed by atoms with Crippen LogP contribution in [0.1, 0.15) is 25.8 Å². The van der Waals surface area contributed by atoms with Gasteiger partial charge in [-0.05, 0) is 34.9 Å². The minimum absolute atomic E-state index is 0.0633. The molecule has 1 atom stereocenters. The second kappa shape index (κ2) is 13.4. The third-order valence-corrected chi connectivity index (χ3v) is 6.90. The van der Waals surface area contributed by atoms with Crippen molar-refractivity contribution in [1.82, 2.24) is 15.2 Å². The maximum absolute atomic E-state index is 13.8. The number of pyridine rings is 1. The molecule has 4 N–H and O–H groups in total. The average Bonchev–Trinajstić information content (AvgIpc) is 2.89. The number of phosphoric acid groups is 1. The lowest BCUT2D eigenvalue weighted by Crippen LogP contribution is -2.48. The fraction of sp³-hybridized carbons (Fsp3) is 0.346. The van der Waals surface area contributed by atoms with Crippen molar-refractivity contribution in [3.8, 4) is 0 Å².